The highest BCUT2D eigenvalue weighted by atomic mass is 16.5. The molecular formula is C26H26N4O4. The molecule has 5 aromatic rings. The fraction of sp³-hybridized carbons (Fsp3) is 0.269. The first-order valence-corrected chi connectivity index (χ1v) is 11.5. The van der Waals surface area contributed by atoms with Crippen molar-refractivity contribution < 1.29 is 9.15 Å². The zero-order valence-corrected chi connectivity index (χ0v) is 19.2. The van der Waals surface area contributed by atoms with Crippen LogP contribution in [0.2, 0.25) is 0 Å². The maximum absolute atomic E-state index is 13.0. The molecule has 0 spiro atoms. The average Bonchev–Trinajstić information content (AvgIpc) is 3.48. The van der Waals surface area contributed by atoms with Crippen molar-refractivity contribution in [3.05, 3.63) is 81.3 Å². The average molecular weight is 459 g/mol. The lowest BCUT2D eigenvalue weighted by molar-refractivity contribution is 0.267. The number of nitrogens with one attached hydrogen (secondary N) is 1. The summed E-state index contributed by atoms with van der Waals surface area (Å²) < 4.78 is 14.5. The lowest BCUT2D eigenvalue weighted by atomic mass is 10.1. The normalized spacial score (nSPS) is 11.5. The van der Waals surface area contributed by atoms with Gasteiger partial charge < -0.3 is 14.1 Å². The third-order valence-corrected chi connectivity index (χ3v) is 5.77. The minimum absolute atomic E-state index is 0.223. The predicted molar refractivity (Wildman–Crippen MR) is 131 cm³/mol. The van der Waals surface area contributed by atoms with E-state index in [1.807, 2.05) is 68.4 Å². The number of benzene rings is 2. The van der Waals surface area contributed by atoms with Gasteiger partial charge in [-0.2, -0.15) is 0 Å². The van der Waals surface area contributed by atoms with Crippen molar-refractivity contribution in [3.8, 4) is 17.0 Å². The number of oxazole rings is 1. The van der Waals surface area contributed by atoms with E-state index in [-0.39, 0.29) is 17.9 Å². The molecule has 0 unspecified atom stereocenters. The molecule has 5 rings (SSSR count). The number of H-pyrrole nitrogens is 1. The van der Waals surface area contributed by atoms with Gasteiger partial charge in [0.1, 0.15) is 16.8 Å². The number of aromatic amines is 1. The van der Waals surface area contributed by atoms with Crippen LogP contribution in [-0.4, -0.2) is 19.1 Å². The molecule has 0 radical (unpaired) electrons. The zero-order chi connectivity index (χ0) is 23.7. The van der Waals surface area contributed by atoms with Gasteiger partial charge in [0.2, 0.25) is 5.89 Å². The predicted octanol–water partition coefficient (Wildman–Crippen LogP) is 4.70. The number of fused-ring (bicyclic) bond motifs is 2. The Bertz CT molecular complexity index is 1540. The van der Waals surface area contributed by atoms with Crippen LogP contribution in [0.1, 0.15) is 32.6 Å². The van der Waals surface area contributed by atoms with Gasteiger partial charge in [-0.1, -0.05) is 26.0 Å². The second-order valence-electron chi connectivity index (χ2n) is 8.22. The first-order chi connectivity index (χ1) is 16.6. The third kappa shape index (κ3) is 3.91. The highest BCUT2D eigenvalue weighted by Gasteiger charge is 2.16. The Balaban J connectivity index is 1.42. The molecule has 0 aliphatic rings. The number of rotatable bonds is 8. The Hall–Kier alpha value is -4.07. The summed E-state index contributed by atoms with van der Waals surface area (Å²) in [5.41, 5.74) is 3.75. The van der Waals surface area contributed by atoms with E-state index in [0.717, 1.165) is 28.8 Å². The van der Waals surface area contributed by atoms with Gasteiger partial charge in [0, 0.05) is 18.8 Å². The van der Waals surface area contributed by atoms with E-state index in [9.17, 15) is 9.59 Å². The molecule has 0 aliphatic heterocycles. The van der Waals surface area contributed by atoms with Crippen molar-refractivity contribution in [3.63, 3.8) is 0 Å². The van der Waals surface area contributed by atoms with Gasteiger partial charge in [-0.3, -0.25) is 13.9 Å². The van der Waals surface area contributed by atoms with E-state index in [1.54, 1.807) is 4.57 Å². The second kappa shape index (κ2) is 9.05. The molecule has 0 fully saturated rings. The lowest BCUT2D eigenvalue weighted by Crippen LogP contribution is -2.39. The maximum Gasteiger partial charge on any atom is 0.331 e. The molecule has 2 aromatic carbocycles. The molecule has 0 saturated carbocycles. The van der Waals surface area contributed by atoms with E-state index in [1.165, 1.54) is 4.57 Å². The lowest BCUT2D eigenvalue weighted by Gasteiger charge is -2.10. The van der Waals surface area contributed by atoms with Crippen LogP contribution in [0.5, 0.6) is 5.75 Å². The molecule has 174 valence electrons. The standard InChI is InChI=1S/C26H26N4O4/c1-3-13-29-21-15-20(28-24(21)25(31)30(14-4-2)26(29)32)17-9-11-18(12-10-17)33-16-23-27-19-7-5-6-8-22(19)34-23/h5-12,15,28H,3-4,13-14,16H2,1-2H3. The summed E-state index contributed by atoms with van der Waals surface area (Å²) in [6.07, 6.45) is 1.51. The summed E-state index contributed by atoms with van der Waals surface area (Å²) >= 11 is 0. The van der Waals surface area contributed by atoms with Crippen molar-refractivity contribution in [1.82, 2.24) is 19.1 Å². The fourth-order valence-electron chi connectivity index (χ4n) is 4.16. The summed E-state index contributed by atoms with van der Waals surface area (Å²) in [5.74, 6) is 1.19. The van der Waals surface area contributed by atoms with Gasteiger partial charge >= 0.3 is 5.69 Å². The van der Waals surface area contributed by atoms with E-state index in [2.05, 4.69) is 9.97 Å². The SMILES string of the molecule is CCCn1c(=O)c2[nH]c(-c3ccc(OCc4nc5ccccc5o4)cc3)cc2n(CCC)c1=O. The van der Waals surface area contributed by atoms with Crippen LogP contribution in [0.25, 0.3) is 33.4 Å². The van der Waals surface area contributed by atoms with Gasteiger partial charge in [0.05, 0.1) is 5.52 Å². The topological polar surface area (TPSA) is 95.0 Å². The summed E-state index contributed by atoms with van der Waals surface area (Å²) in [7, 11) is 0. The molecule has 0 aliphatic carbocycles. The molecular weight excluding hydrogens is 432 g/mol. The van der Waals surface area contributed by atoms with Crippen LogP contribution in [0.3, 0.4) is 0 Å². The summed E-state index contributed by atoms with van der Waals surface area (Å²) in [6.45, 7) is 5.15. The number of hydrogen-bond donors (Lipinski definition) is 1. The fourth-order valence-corrected chi connectivity index (χ4v) is 4.16. The number of para-hydroxylation sites is 2. The Labute approximate surface area is 195 Å². The largest absolute Gasteiger partial charge is 0.484 e. The van der Waals surface area contributed by atoms with E-state index in [4.69, 9.17) is 9.15 Å². The number of aryl methyl sites for hydroxylation is 1. The number of hydrogen-bond acceptors (Lipinski definition) is 5. The van der Waals surface area contributed by atoms with Gasteiger partial charge in [0.25, 0.3) is 5.56 Å². The molecule has 34 heavy (non-hydrogen) atoms. The smallest absolute Gasteiger partial charge is 0.331 e. The van der Waals surface area contributed by atoms with Crippen molar-refractivity contribution in [2.75, 3.05) is 0 Å². The van der Waals surface area contributed by atoms with Crippen LogP contribution in [0.15, 0.2) is 68.6 Å². The van der Waals surface area contributed by atoms with Crippen molar-refractivity contribution in [2.45, 2.75) is 46.4 Å². The van der Waals surface area contributed by atoms with Crippen molar-refractivity contribution in [1.29, 1.82) is 0 Å². The Morgan fingerprint density at radius 2 is 1.71 bits per heavy atom. The van der Waals surface area contributed by atoms with Gasteiger partial charge in [-0.15, -0.1) is 0 Å². The molecule has 8 nitrogen and oxygen atoms in total. The van der Waals surface area contributed by atoms with Crippen LogP contribution in [-0.2, 0) is 19.7 Å². The van der Waals surface area contributed by atoms with Gasteiger partial charge in [-0.25, -0.2) is 9.78 Å². The minimum Gasteiger partial charge on any atom is -0.484 e. The quantitative estimate of drug-likeness (QED) is 0.364. The summed E-state index contributed by atoms with van der Waals surface area (Å²) in [4.78, 5) is 33.5. The summed E-state index contributed by atoms with van der Waals surface area (Å²) in [5, 5.41) is 0. The molecule has 8 heteroatoms. The Kier molecular flexibility index (Phi) is 5.79. The van der Waals surface area contributed by atoms with Crippen molar-refractivity contribution in [2.24, 2.45) is 0 Å². The minimum atomic E-state index is -0.279. The Morgan fingerprint density at radius 3 is 2.44 bits per heavy atom. The molecule has 0 amide bonds. The van der Waals surface area contributed by atoms with E-state index < -0.39 is 0 Å². The molecule has 3 heterocycles. The molecule has 0 saturated heterocycles. The van der Waals surface area contributed by atoms with E-state index >= 15 is 0 Å². The number of ether oxygens (including phenoxy) is 1. The van der Waals surface area contributed by atoms with Crippen LogP contribution in [0.4, 0.5) is 0 Å². The summed E-state index contributed by atoms with van der Waals surface area (Å²) in [6, 6.07) is 17.0. The van der Waals surface area contributed by atoms with Crippen LogP contribution < -0.4 is 16.0 Å². The number of nitrogens with zero attached hydrogens (tertiary/aromatic N) is 3. The second-order valence-corrected chi connectivity index (χ2v) is 8.22. The Morgan fingerprint density at radius 1 is 0.971 bits per heavy atom. The van der Waals surface area contributed by atoms with Gasteiger partial charge in [0.15, 0.2) is 12.2 Å². The van der Waals surface area contributed by atoms with Crippen LogP contribution in [0, 0.1) is 0 Å². The third-order valence-electron chi connectivity index (χ3n) is 5.77. The van der Waals surface area contributed by atoms with Crippen molar-refractivity contribution >= 4 is 22.1 Å². The monoisotopic (exact) mass is 458 g/mol. The first kappa shape index (κ1) is 21.8. The molecule has 0 atom stereocenters. The molecule has 0 bridgehead atoms. The zero-order valence-electron chi connectivity index (χ0n) is 19.2. The highest BCUT2D eigenvalue weighted by molar-refractivity contribution is 5.82. The number of aromatic nitrogens is 4. The van der Waals surface area contributed by atoms with Crippen LogP contribution >= 0.6 is 0 Å². The molecule has 1 N–H and O–H groups in total. The van der Waals surface area contributed by atoms with Gasteiger partial charge in [-0.05, 0) is 60.9 Å². The van der Waals surface area contributed by atoms with E-state index in [0.29, 0.717) is 42.2 Å². The molecule has 3 aromatic heterocycles. The maximum atomic E-state index is 13.0. The first-order valence-electron chi connectivity index (χ1n) is 11.5. The highest BCUT2D eigenvalue weighted by Crippen LogP contribution is 2.25.